The van der Waals surface area contributed by atoms with Gasteiger partial charge in [-0.1, -0.05) is 119 Å². The molecule has 0 radical (unpaired) electrons. The molecule has 3 atom stereocenters. The highest BCUT2D eigenvalue weighted by atomic mass is 28.4. The molecule has 0 bridgehead atoms. The van der Waals surface area contributed by atoms with Gasteiger partial charge in [-0.2, -0.15) is 0 Å². The second-order valence-electron chi connectivity index (χ2n) is 11.4. The standard InChI is InChI=1S/C35H46O7Si/c1-28(32(40-26-37-5)22-23-34(36)38-6)33(41-27-39-24-29-16-10-7-11-17-29)25-42-43(35(2,3)4,30-18-12-8-13-19-30)31-20-14-9-15-21-31/h7-23,28,32-33H,24-27H2,1-6H3/b23-22+/t28-,32+,33+/m0/s1. The summed E-state index contributed by atoms with van der Waals surface area (Å²) in [6.45, 7) is 9.55. The number of carbonyl (C=O) groups is 1. The van der Waals surface area contributed by atoms with Crippen LogP contribution in [-0.2, 0) is 39.5 Å². The first kappa shape index (κ1) is 34.4. The molecule has 0 aromatic heterocycles. The molecular formula is C35H46O7Si. The summed E-state index contributed by atoms with van der Waals surface area (Å²) in [6, 6.07) is 30.9. The van der Waals surface area contributed by atoms with E-state index in [1.807, 2.05) is 49.4 Å². The Kier molecular flexibility index (Phi) is 13.8. The molecule has 3 aromatic carbocycles. The van der Waals surface area contributed by atoms with Crippen molar-refractivity contribution in [1.82, 2.24) is 0 Å². The molecule has 0 N–H and O–H groups in total. The van der Waals surface area contributed by atoms with Crippen molar-refractivity contribution in [2.24, 2.45) is 5.92 Å². The van der Waals surface area contributed by atoms with Crippen molar-refractivity contribution in [2.45, 2.75) is 51.5 Å². The van der Waals surface area contributed by atoms with E-state index in [2.05, 4.69) is 69.3 Å². The molecule has 232 valence electrons. The van der Waals surface area contributed by atoms with Gasteiger partial charge in [-0.3, -0.25) is 0 Å². The van der Waals surface area contributed by atoms with Crippen LogP contribution in [0.15, 0.2) is 103 Å². The summed E-state index contributed by atoms with van der Waals surface area (Å²) in [6.07, 6.45) is 2.09. The average molecular weight is 607 g/mol. The van der Waals surface area contributed by atoms with Gasteiger partial charge in [0.2, 0.25) is 0 Å². The Balaban J connectivity index is 1.94. The van der Waals surface area contributed by atoms with E-state index in [1.54, 1.807) is 13.2 Å². The van der Waals surface area contributed by atoms with E-state index in [0.717, 1.165) is 5.56 Å². The Labute approximate surface area is 257 Å². The first-order valence-corrected chi connectivity index (χ1v) is 16.5. The normalized spacial score (nSPS) is 14.4. The average Bonchev–Trinajstić information content (AvgIpc) is 3.02. The highest BCUT2D eigenvalue weighted by molar-refractivity contribution is 6.99. The molecule has 0 spiro atoms. The van der Waals surface area contributed by atoms with Crippen LogP contribution in [0.1, 0.15) is 33.3 Å². The van der Waals surface area contributed by atoms with Gasteiger partial charge >= 0.3 is 5.97 Å². The Morgan fingerprint density at radius 1 is 0.814 bits per heavy atom. The van der Waals surface area contributed by atoms with E-state index in [9.17, 15) is 4.79 Å². The number of ether oxygens (including phenoxy) is 5. The van der Waals surface area contributed by atoms with Crippen molar-refractivity contribution in [3.63, 3.8) is 0 Å². The van der Waals surface area contributed by atoms with Gasteiger partial charge in [-0.15, -0.1) is 0 Å². The van der Waals surface area contributed by atoms with Crippen LogP contribution >= 0.6 is 0 Å². The topological polar surface area (TPSA) is 72.5 Å². The monoisotopic (exact) mass is 606 g/mol. The van der Waals surface area contributed by atoms with E-state index in [4.69, 9.17) is 28.1 Å². The van der Waals surface area contributed by atoms with E-state index >= 15 is 0 Å². The van der Waals surface area contributed by atoms with Gasteiger partial charge in [0.25, 0.3) is 8.32 Å². The maximum atomic E-state index is 11.9. The zero-order valence-corrected chi connectivity index (χ0v) is 27.2. The second kappa shape index (κ2) is 17.2. The highest BCUT2D eigenvalue weighted by Gasteiger charge is 2.50. The molecule has 0 fully saturated rings. The van der Waals surface area contributed by atoms with Gasteiger partial charge in [-0.25, -0.2) is 4.79 Å². The molecule has 7 nitrogen and oxygen atoms in total. The zero-order chi connectivity index (χ0) is 31.1. The SMILES string of the molecule is COCO[C@H](/C=C/C(=O)OC)[C@H](C)[C@@H](CO[Si](c1ccccc1)(c1ccccc1)C(C)(C)C)OCOCc1ccccc1. The van der Waals surface area contributed by atoms with Gasteiger partial charge in [0.15, 0.2) is 0 Å². The van der Waals surface area contributed by atoms with Gasteiger partial charge in [0.1, 0.15) is 13.6 Å². The van der Waals surface area contributed by atoms with Crippen LogP contribution in [0.4, 0.5) is 0 Å². The van der Waals surface area contributed by atoms with E-state index in [-0.39, 0.29) is 31.1 Å². The minimum absolute atomic E-state index is 0.0489. The van der Waals surface area contributed by atoms with Crippen LogP contribution in [0.2, 0.25) is 5.04 Å². The molecule has 3 rings (SSSR count). The predicted molar refractivity (Wildman–Crippen MR) is 172 cm³/mol. The fraction of sp³-hybridized carbons (Fsp3) is 0.400. The zero-order valence-electron chi connectivity index (χ0n) is 26.2. The minimum atomic E-state index is -2.84. The third-order valence-electron chi connectivity index (χ3n) is 7.46. The van der Waals surface area contributed by atoms with Crippen LogP contribution in [0, 0.1) is 5.92 Å². The van der Waals surface area contributed by atoms with Crippen LogP contribution in [-0.4, -0.2) is 60.9 Å². The van der Waals surface area contributed by atoms with Crippen molar-refractivity contribution >= 4 is 24.7 Å². The van der Waals surface area contributed by atoms with Crippen LogP contribution in [0.5, 0.6) is 0 Å². The van der Waals surface area contributed by atoms with Gasteiger partial charge in [0.05, 0.1) is 32.5 Å². The largest absolute Gasteiger partial charge is 0.466 e. The third kappa shape index (κ3) is 9.69. The Bertz CT molecular complexity index is 1190. The van der Waals surface area contributed by atoms with Crippen molar-refractivity contribution in [2.75, 3.05) is 34.4 Å². The summed E-state index contributed by atoms with van der Waals surface area (Å²) in [7, 11) is 0.0620. The van der Waals surface area contributed by atoms with E-state index in [1.165, 1.54) is 23.6 Å². The lowest BCUT2D eigenvalue weighted by Gasteiger charge is -2.44. The summed E-state index contributed by atoms with van der Waals surface area (Å²) in [5.41, 5.74) is 1.06. The van der Waals surface area contributed by atoms with Crippen LogP contribution in [0.25, 0.3) is 0 Å². The fourth-order valence-electron chi connectivity index (χ4n) is 5.17. The van der Waals surface area contributed by atoms with Crippen molar-refractivity contribution in [3.8, 4) is 0 Å². The maximum Gasteiger partial charge on any atom is 0.330 e. The summed E-state index contributed by atoms with van der Waals surface area (Å²) in [4.78, 5) is 11.9. The lowest BCUT2D eigenvalue weighted by molar-refractivity contribution is -0.148. The van der Waals surface area contributed by atoms with Gasteiger partial charge in [-0.05, 0) is 27.1 Å². The summed E-state index contributed by atoms with van der Waals surface area (Å²) < 4.78 is 35.5. The van der Waals surface area contributed by atoms with Crippen LogP contribution < -0.4 is 10.4 Å². The Hall–Kier alpha value is -3.11. The molecule has 0 aliphatic carbocycles. The van der Waals surface area contributed by atoms with Crippen LogP contribution in [0.3, 0.4) is 0 Å². The molecule has 0 heterocycles. The van der Waals surface area contributed by atoms with Crippen molar-refractivity contribution in [3.05, 3.63) is 109 Å². The van der Waals surface area contributed by atoms with E-state index < -0.39 is 26.5 Å². The van der Waals surface area contributed by atoms with Gasteiger partial charge in [0, 0.05) is 19.1 Å². The number of esters is 1. The molecule has 0 amide bonds. The fourth-order valence-corrected chi connectivity index (χ4v) is 9.74. The summed E-state index contributed by atoms with van der Waals surface area (Å²) in [5, 5.41) is 2.15. The summed E-state index contributed by atoms with van der Waals surface area (Å²) in [5.74, 6) is -0.708. The maximum absolute atomic E-state index is 11.9. The molecule has 0 aliphatic heterocycles. The van der Waals surface area contributed by atoms with Gasteiger partial charge < -0.3 is 28.1 Å². The number of hydrogen-bond donors (Lipinski definition) is 0. The lowest BCUT2D eigenvalue weighted by atomic mass is 9.97. The number of benzene rings is 3. The quantitative estimate of drug-likeness (QED) is 0.0663. The lowest BCUT2D eigenvalue weighted by Crippen LogP contribution is -2.67. The second-order valence-corrected chi connectivity index (χ2v) is 15.7. The number of methoxy groups -OCH3 is 2. The predicted octanol–water partition coefficient (Wildman–Crippen LogP) is 5.48. The molecule has 43 heavy (non-hydrogen) atoms. The Morgan fingerprint density at radius 3 is 1.88 bits per heavy atom. The molecule has 0 saturated heterocycles. The first-order chi connectivity index (χ1) is 20.7. The third-order valence-corrected chi connectivity index (χ3v) is 12.5. The minimum Gasteiger partial charge on any atom is -0.466 e. The molecule has 8 heteroatoms. The summed E-state index contributed by atoms with van der Waals surface area (Å²) >= 11 is 0. The Morgan fingerprint density at radius 2 is 1.37 bits per heavy atom. The number of carbonyl (C=O) groups excluding carboxylic acids is 1. The number of rotatable bonds is 17. The highest BCUT2D eigenvalue weighted by Crippen LogP contribution is 2.37. The van der Waals surface area contributed by atoms with Crippen molar-refractivity contribution in [1.29, 1.82) is 0 Å². The smallest absolute Gasteiger partial charge is 0.330 e. The van der Waals surface area contributed by atoms with Crippen molar-refractivity contribution < 1.29 is 32.9 Å². The molecular weight excluding hydrogens is 560 g/mol. The number of hydrogen-bond acceptors (Lipinski definition) is 7. The van der Waals surface area contributed by atoms with E-state index in [0.29, 0.717) is 6.61 Å². The molecule has 3 aromatic rings. The molecule has 0 aliphatic rings. The first-order valence-electron chi connectivity index (χ1n) is 14.6. The molecule has 0 unspecified atom stereocenters. The molecule has 0 saturated carbocycles.